The highest BCUT2D eigenvalue weighted by Crippen LogP contribution is 2.32. The molecule has 5 nitrogen and oxygen atoms in total. The number of rotatable bonds is 5. The van der Waals surface area contributed by atoms with Crippen molar-refractivity contribution in [1.82, 2.24) is 14.5 Å². The Labute approximate surface area is 181 Å². The Morgan fingerprint density at radius 2 is 1.84 bits per heavy atom. The van der Waals surface area contributed by atoms with Crippen molar-refractivity contribution in [2.45, 2.75) is 32.7 Å². The Kier molecular flexibility index (Phi) is 5.89. The monoisotopic (exact) mass is 419 g/mol. The van der Waals surface area contributed by atoms with Crippen LogP contribution in [0.15, 0.2) is 66.6 Å². The van der Waals surface area contributed by atoms with Crippen LogP contribution in [-0.2, 0) is 9.53 Å². The number of carbonyl (C=O) groups is 1. The summed E-state index contributed by atoms with van der Waals surface area (Å²) in [7, 11) is 1.60. The highest BCUT2D eigenvalue weighted by molar-refractivity contribution is 6.00. The molecule has 6 heteroatoms. The average molecular weight is 420 g/mol. The van der Waals surface area contributed by atoms with E-state index in [-0.39, 0.29) is 17.8 Å². The number of ether oxygens (including phenoxy) is 1. The van der Waals surface area contributed by atoms with Crippen LogP contribution in [-0.4, -0.2) is 34.0 Å². The Hall–Kier alpha value is -3.41. The summed E-state index contributed by atoms with van der Waals surface area (Å²) in [5.41, 5.74) is 4.39. The number of aryl methyl sites for hydroxylation is 1. The van der Waals surface area contributed by atoms with Gasteiger partial charge in [0, 0.05) is 24.0 Å². The maximum atomic E-state index is 13.4. The molecule has 4 rings (SSSR count). The minimum atomic E-state index is -0.280. The van der Waals surface area contributed by atoms with E-state index in [4.69, 9.17) is 4.74 Å². The molecule has 31 heavy (non-hydrogen) atoms. The van der Waals surface area contributed by atoms with Crippen LogP contribution in [0.25, 0.3) is 11.4 Å². The largest absolute Gasteiger partial charge is 0.496 e. The molecule has 0 saturated carbocycles. The molecule has 3 aromatic rings. The second-order valence-corrected chi connectivity index (χ2v) is 7.81. The molecule has 0 unspecified atom stereocenters. The predicted octanol–water partition coefficient (Wildman–Crippen LogP) is 5.06. The second kappa shape index (κ2) is 8.76. The molecule has 0 bridgehead atoms. The number of halogens is 1. The van der Waals surface area contributed by atoms with Gasteiger partial charge in [-0.05, 0) is 68.7 Å². The second-order valence-electron chi connectivity index (χ2n) is 7.81. The van der Waals surface area contributed by atoms with Gasteiger partial charge < -0.3 is 14.2 Å². The van der Waals surface area contributed by atoms with E-state index < -0.39 is 0 Å². The maximum absolute atomic E-state index is 13.4. The molecule has 1 fully saturated rings. The van der Waals surface area contributed by atoms with E-state index in [0.29, 0.717) is 24.3 Å². The van der Waals surface area contributed by atoms with E-state index in [1.807, 2.05) is 53.8 Å². The van der Waals surface area contributed by atoms with E-state index in [9.17, 15) is 9.18 Å². The molecular weight excluding hydrogens is 393 g/mol. The van der Waals surface area contributed by atoms with E-state index in [1.54, 1.807) is 25.6 Å². The Morgan fingerprint density at radius 1 is 1.13 bits per heavy atom. The highest BCUT2D eigenvalue weighted by Gasteiger charge is 2.31. The lowest BCUT2D eigenvalue weighted by Crippen LogP contribution is -2.39. The van der Waals surface area contributed by atoms with Crippen LogP contribution in [0, 0.1) is 12.7 Å². The van der Waals surface area contributed by atoms with Crippen LogP contribution in [0.2, 0.25) is 0 Å². The first-order valence-electron chi connectivity index (χ1n) is 10.4. The number of nitrogens with zero attached hydrogens (tertiary/aromatic N) is 3. The van der Waals surface area contributed by atoms with Gasteiger partial charge in [-0.1, -0.05) is 12.1 Å². The zero-order chi connectivity index (χ0) is 22.0. The smallest absolute Gasteiger partial charge is 0.254 e. The van der Waals surface area contributed by atoms with Crippen LogP contribution < -0.4 is 0 Å². The Balaban J connectivity index is 1.62. The van der Waals surface area contributed by atoms with Crippen molar-refractivity contribution in [3.63, 3.8) is 0 Å². The molecule has 0 radical (unpaired) electrons. The Morgan fingerprint density at radius 3 is 2.45 bits per heavy atom. The normalized spacial score (nSPS) is 16.9. The van der Waals surface area contributed by atoms with Crippen LogP contribution in [0.4, 0.5) is 4.39 Å². The average Bonchev–Trinajstić information content (AvgIpc) is 3.22. The van der Waals surface area contributed by atoms with Crippen molar-refractivity contribution in [2.75, 3.05) is 13.7 Å². The van der Waals surface area contributed by atoms with Gasteiger partial charge in [-0.3, -0.25) is 4.79 Å². The highest BCUT2D eigenvalue weighted by atomic mass is 19.1. The molecule has 2 heterocycles. The van der Waals surface area contributed by atoms with Gasteiger partial charge in [0.15, 0.2) is 0 Å². The molecule has 1 amide bonds. The van der Waals surface area contributed by atoms with E-state index in [0.717, 1.165) is 28.9 Å². The Bertz CT molecular complexity index is 1100. The standard InChI is InChI=1S/C25H26FN3O2/c1-17-15-28(16-27-17)22-12-8-20(9-13-22)24(31-3)23-5-4-14-29(25(23)30)18(2)19-6-10-21(26)11-7-19/h6-13,15-16,18H,4-5,14H2,1-3H3/b24-23+/t18-/m0/s1. The lowest BCUT2D eigenvalue weighted by Gasteiger charge is -2.34. The van der Waals surface area contributed by atoms with Crippen LogP contribution >= 0.6 is 0 Å². The molecule has 1 aliphatic heterocycles. The summed E-state index contributed by atoms with van der Waals surface area (Å²) in [6.45, 7) is 4.59. The lowest BCUT2D eigenvalue weighted by atomic mass is 9.96. The molecule has 1 aliphatic rings. The quantitative estimate of drug-likeness (QED) is 0.429. The fourth-order valence-corrected chi connectivity index (χ4v) is 4.07. The van der Waals surface area contributed by atoms with Gasteiger partial charge in [0.2, 0.25) is 0 Å². The molecular formula is C25H26FN3O2. The van der Waals surface area contributed by atoms with Gasteiger partial charge >= 0.3 is 0 Å². The SMILES string of the molecule is CO/C(=C1\CCCN([C@@H](C)c2ccc(F)cc2)C1=O)c1ccc(-n2cnc(C)c2)cc1. The summed E-state index contributed by atoms with van der Waals surface area (Å²) in [5, 5.41) is 0. The van der Waals surface area contributed by atoms with Gasteiger partial charge in [0.05, 0.1) is 30.7 Å². The van der Waals surface area contributed by atoms with E-state index in [1.165, 1.54) is 12.1 Å². The zero-order valence-corrected chi connectivity index (χ0v) is 18.0. The number of hydrogen-bond donors (Lipinski definition) is 0. The number of aromatic nitrogens is 2. The third-order valence-corrected chi connectivity index (χ3v) is 5.78. The van der Waals surface area contributed by atoms with Crippen molar-refractivity contribution in [2.24, 2.45) is 0 Å². The first kappa shape index (κ1) is 20.8. The number of hydrogen-bond acceptors (Lipinski definition) is 3. The number of benzene rings is 2. The van der Waals surface area contributed by atoms with Gasteiger partial charge in [-0.15, -0.1) is 0 Å². The molecule has 0 aliphatic carbocycles. The molecule has 1 aromatic heterocycles. The van der Waals surface area contributed by atoms with Gasteiger partial charge in [-0.2, -0.15) is 0 Å². The summed E-state index contributed by atoms with van der Waals surface area (Å²) in [6, 6.07) is 14.1. The summed E-state index contributed by atoms with van der Waals surface area (Å²) >= 11 is 0. The van der Waals surface area contributed by atoms with Crippen molar-refractivity contribution in [3.8, 4) is 5.69 Å². The number of likely N-dealkylation sites (tertiary alicyclic amines) is 1. The minimum Gasteiger partial charge on any atom is -0.496 e. The molecule has 0 spiro atoms. The summed E-state index contributed by atoms with van der Waals surface area (Å²) in [6.07, 6.45) is 5.26. The number of carbonyl (C=O) groups excluding carboxylic acids is 1. The minimum absolute atomic E-state index is 0.0331. The van der Waals surface area contributed by atoms with Crippen LogP contribution in [0.5, 0.6) is 0 Å². The molecule has 0 N–H and O–H groups in total. The molecule has 160 valence electrons. The summed E-state index contributed by atoms with van der Waals surface area (Å²) < 4.78 is 21.0. The van der Waals surface area contributed by atoms with Crippen molar-refractivity contribution >= 4 is 11.7 Å². The fourth-order valence-electron chi connectivity index (χ4n) is 4.07. The zero-order valence-electron chi connectivity index (χ0n) is 18.0. The predicted molar refractivity (Wildman–Crippen MR) is 118 cm³/mol. The van der Waals surface area contributed by atoms with Crippen molar-refractivity contribution in [1.29, 1.82) is 0 Å². The number of piperidine rings is 1. The van der Waals surface area contributed by atoms with Gasteiger partial charge in [0.25, 0.3) is 5.91 Å². The number of methoxy groups -OCH3 is 1. The first-order valence-corrected chi connectivity index (χ1v) is 10.4. The number of amides is 1. The summed E-state index contributed by atoms with van der Waals surface area (Å²) in [4.78, 5) is 19.5. The maximum Gasteiger partial charge on any atom is 0.254 e. The molecule has 1 atom stereocenters. The third-order valence-electron chi connectivity index (χ3n) is 5.78. The van der Waals surface area contributed by atoms with Crippen molar-refractivity contribution < 1.29 is 13.9 Å². The first-order chi connectivity index (χ1) is 15.0. The topological polar surface area (TPSA) is 47.4 Å². The third kappa shape index (κ3) is 4.24. The fraction of sp³-hybridized carbons (Fsp3) is 0.280. The van der Waals surface area contributed by atoms with Crippen LogP contribution in [0.3, 0.4) is 0 Å². The van der Waals surface area contributed by atoms with E-state index in [2.05, 4.69) is 4.98 Å². The molecule has 1 saturated heterocycles. The van der Waals surface area contributed by atoms with E-state index >= 15 is 0 Å². The number of imidazole rings is 1. The van der Waals surface area contributed by atoms with Gasteiger partial charge in [-0.25, -0.2) is 9.37 Å². The van der Waals surface area contributed by atoms with Gasteiger partial charge in [0.1, 0.15) is 11.6 Å². The summed E-state index contributed by atoms with van der Waals surface area (Å²) in [5.74, 6) is 0.293. The van der Waals surface area contributed by atoms with Crippen molar-refractivity contribution in [3.05, 3.63) is 89.3 Å². The van der Waals surface area contributed by atoms with Crippen LogP contribution in [0.1, 0.15) is 42.6 Å². The molecule has 2 aromatic carbocycles. The lowest BCUT2D eigenvalue weighted by molar-refractivity contribution is -0.130.